The highest BCUT2D eigenvalue weighted by molar-refractivity contribution is 5.87. The van der Waals surface area contributed by atoms with Crippen molar-refractivity contribution in [2.45, 2.75) is 44.6 Å². The van der Waals surface area contributed by atoms with E-state index in [0.717, 1.165) is 32.1 Å². The Morgan fingerprint density at radius 2 is 1.94 bits per heavy atom. The number of carboxylic acid groups (broad SMARTS) is 1. The molecule has 1 aliphatic rings. The summed E-state index contributed by atoms with van der Waals surface area (Å²) < 4.78 is 4.86. The number of rotatable bonds is 5. The molecule has 1 saturated carbocycles. The molecule has 2 N–H and O–H groups in total. The standard InChI is InChI=1S/C12H21NO4/c1-12(8-17-2,11(15)16)13-10(14)9-6-4-3-5-7-9/h9H,3-8H2,1-2H3,(H,13,14)(H,15,16). The van der Waals surface area contributed by atoms with Gasteiger partial charge < -0.3 is 15.2 Å². The van der Waals surface area contributed by atoms with E-state index in [9.17, 15) is 9.59 Å². The smallest absolute Gasteiger partial charge is 0.331 e. The van der Waals surface area contributed by atoms with Crippen LogP contribution in [0.15, 0.2) is 0 Å². The van der Waals surface area contributed by atoms with Gasteiger partial charge in [0.15, 0.2) is 5.54 Å². The first-order valence-corrected chi connectivity index (χ1v) is 6.04. The topological polar surface area (TPSA) is 75.6 Å². The Bertz CT molecular complexity index is 286. The number of amides is 1. The molecule has 1 unspecified atom stereocenters. The van der Waals surface area contributed by atoms with Gasteiger partial charge >= 0.3 is 5.97 Å². The zero-order valence-electron chi connectivity index (χ0n) is 10.5. The van der Waals surface area contributed by atoms with E-state index in [0.29, 0.717) is 0 Å². The van der Waals surface area contributed by atoms with Gasteiger partial charge in [-0.15, -0.1) is 0 Å². The SMILES string of the molecule is COCC(C)(NC(=O)C1CCCCC1)C(=O)O. The van der Waals surface area contributed by atoms with Crippen molar-refractivity contribution in [3.8, 4) is 0 Å². The van der Waals surface area contributed by atoms with Gasteiger partial charge in [0.2, 0.25) is 5.91 Å². The van der Waals surface area contributed by atoms with Crippen molar-refractivity contribution in [3.63, 3.8) is 0 Å². The van der Waals surface area contributed by atoms with Crippen molar-refractivity contribution < 1.29 is 19.4 Å². The van der Waals surface area contributed by atoms with Crippen LogP contribution in [-0.2, 0) is 14.3 Å². The third-order valence-corrected chi connectivity index (χ3v) is 3.28. The van der Waals surface area contributed by atoms with Gasteiger partial charge in [0, 0.05) is 13.0 Å². The molecule has 1 rings (SSSR count). The molecule has 5 heteroatoms. The largest absolute Gasteiger partial charge is 0.479 e. The lowest BCUT2D eigenvalue weighted by Gasteiger charge is -2.29. The normalized spacial score (nSPS) is 20.6. The Labute approximate surface area is 102 Å². The molecule has 5 nitrogen and oxygen atoms in total. The van der Waals surface area contributed by atoms with E-state index in [2.05, 4.69) is 5.32 Å². The molecular weight excluding hydrogens is 222 g/mol. The molecule has 0 aromatic heterocycles. The van der Waals surface area contributed by atoms with Gasteiger partial charge in [-0.25, -0.2) is 4.79 Å². The summed E-state index contributed by atoms with van der Waals surface area (Å²) in [6, 6.07) is 0. The minimum Gasteiger partial charge on any atom is -0.479 e. The molecule has 1 atom stereocenters. The van der Waals surface area contributed by atoms with E-state index in [4.69, 9.17) is 9.84 Å². The van der Waals surface area contributed by atoms with Crippen LogP contribution in [0.25, 0.3) is 0 Å². The second kappa shape index (κ2) is 6.00. The van der Waals surface area contributed by atoms with Gasteiger partial charge in [0.1, 0.15) is 0 Å². The van der Waals surface area contributed by atoms with Crippen molar-refractivity contribution in [2.24, 2.45) is 5.92 Å². The monoisotopic (exact) mass is 243 g/mol. The van der Waals surface area contributed by atoms with Gasteiger partial charge in [-0.1, -0.05) is 19.3 Å². The summed E-state index contributed by atoms with van der Waals surface area (Å²) in [4.78, 5) is 23.1. The molecule has 0 radical (unpaired) electrons. The summed E-state index contributed by atoms with van der Waals surface area (Å²) in [7, 11) is 1.42. The lowest BCUT2D eigenvalue weighted by atomic mass is 9.88. The van der Waals surface area contributed by atoms with Crippen LogP contribution in [0, 0.1) is 5.92 Å². The Kier molecular flexibility index (Phi) is 4.93. The first-order chi connectivity index (χ1) is 7.99. The number of carbonyl (C=O) groups excluding carboxylic acids is 1. The van der Waals surface area contributed by atoms with Crippen molar-refractivity contribution in [1.82, 2.24) is 5.32 Å². The molecule has 0 aromatic rings. The fraction of sp³-hybridized carbons (Fsp3) is 0.833. The van der Waals surface area contributed by atoms with Gasteiger partial charge in [-0.2, -0.15) is 0 Å². The van der Waals surface area contributed by atoms with Crippen molar-refractivity contribution in [3.05, 3.63) is 0 Å². The van der Waals surface area contributed by atoms with Crippen LogP contribution in [0.2, 0.25) is 0 Å². The maximum absolute atomic E-state index is 12.0. The minimum absolute atomic E-state index is 0.0270. The summed E-state index contributed by atoms with van der Waals surface area (Å²) in [5, 5.41) is 11.7. The number of aliphatic carboxylic acids is 1. The number of methoxy groups -OCH3 is 1. The van der Waals surface area contributed by atoms with Gasteiger partial charge in [-0.05, 0) is 19.8 Å². The summed E-state index contributed by atoms with van der Waals surface area (Å²) in [5.41, 5.74) is -1.33. The summed E-state index contributed by atoms with van der Waals surface area (Å²) in [5.74, 6) is -1.27. The summed E-state index contributed by atoms with van der Waals surface area (Å²) in [6.07, 6.45) is 4.97. The zero-order valence-corrected chi connectivity index (χ0v) is 10.5. The number of carbonyl (C=O) groups is 2. The molecular formula is C12H21NO4. The van der Waals surface area contributed by atoms with Crippen molar-refractivity contribution >= 4 is 11.9 Å². The minimum atomic E-state index is -1.33. The highest BCUT2D eigenvalue weighted by atomic mass is 16.5. The molecule has 0 saturated heterocycles. The molecule has 1 amide bonds. The van der Waals surface area contributed by atoms with Gasteiger partial charge in [0.25, 0.3) is 0 Å². The average molecular weight is 243 g/mol. The first-order valence-electron chi connectivity index (χ1n) is 6.04. The van der Waals surface area contributed by atoms with Crippen LogP contribution >= 0.6 is 0 Å². The predicted molar refractivity (Wildman–Crippen MR) is 62.6 cm³/mol. The van der Waals surface area contributed by atoms with E-state index in [-0.39, 0.29) is 18.4 Å². The average Bonchev–Trinajstić information content (AvgIpc) is 2.30. The third-order valence-electron chi connectivity index (χ3n) is 3.28. The molecule has 0 bridgehead atoms. The Morgan fingerprint density at radius 3 is 2.41 bits per heavy atom. The predicted octanol–water partition coefficient (Wildman–Crippen LogP) is 1.17. The molecule has 0 spiro atoms. The molecule has 0 heterocycles. The van der Waals surface area contributed by atoms with Crippen LogP contribution in [-0.4, -0.2) is 36.2 Å². The lowest BCUT2D eigenvalue weighted by Crippen LogP contribution is -2.56. The van der Waals surface area contributed by atoms with Crippen LogP contribution in [0.3, 0.4) is 0 Å². The molecule has 17 heavy (non-hydrogen) atoms. The molecule has 1 fully saturated rings. The molecule has 1 aliphatic carbocycles. The first kappa shape index (κ1) is 14.0. The van der Waals surface area contributed by atoms with Crippen LogP contribution in [0.4, 0.5) is 0 Å². The fourth-order valence-electron chi connectivity index (χ4n) is 2.18. The Hall–Kier alpha value is -1.10. The maximum Gasteiger partial charge on any atom is 0.331 e. The lowest BCUT2D eigenvalue weighted by molar-refractivity contribution is -0.150. The van der Waals surface area contributed by atoms with Gasteiger partial charge in [0.05, 0.1) is 6.61 Å². The van der Waals surface area contributed by atoms with Crippen molar-refractivity contribution in [1.29, 1.82) is 0 Å². The number of ether oxygens (including phenoxy) is 1. The maximum atomic E-state index is 12.0. The quantitative estimate of drug-likeness (QED) is 0.760. The van der Waals surface area contributed by atoms with E-state index < -0.39 is 11.5 Å². The van der Waals surface area contributed by atoms with Crippen molar-refractivity contribution in [2.75, 3.05) is 13.7 Å². The number of hydrogen-bond acceptors (Lipinski definition) is 3. The second-order valence-electron chi connectivity index (χ2n) is 4.89. The zero-order chi connectivity index (χ0) is 12.9. The summed E-state index contributed by atoms with van der Waals surface area (Å²) >= 11 is 0. The second-order valence-corrected chi connectivity index (χ2v) is 4.89. The summed E-state index contributed by atoms with van der Waals surface area (Å²) in [6.45, 7) is 1.44. The number of hydrogen-bond donors (Lipinski definition) is 2. The molecule has 0 aliphatic heterocycles. The fourth-order valence-corrected chi connectivity index (χ4v) is 2.18. The molecule has 0 aromatic carbocycles. The number of carboxylic acids is 1. The van der Waals surface area contributed by atoms with E-state index in [1.807, 2.05) is 0 Å². The van der Waals surface area contributed by atoms with Crippen LogP contribution in [0.5, 0.6) is 0 Å². The van der Waals surface area contributed by atoms with E-state index in [1.165, 1.54) is 14.0 Å². The third kappa shape index (κ3) is 3.70. The van der Waals surface area contributed by atoms with E-state index in [1.54, 1.807) is 0 Å². The van der Waals surface area contributed by atoms with Gasteiger partial charge in [-0.3, -0.25) is 4.79 Å². The molecule has 98 valence electrons. The highest BCUT2D eigenvalue weighted by Crippen LogP contribution is 2.24. The highest BCUT2D eigenvalue weighted by Gasteiger charge is 2.36. The van der Waals surface area contributed by atoms with Crippen LogP contribution in [0.1, 0.15) is 39.0 Å². The van der Waals surface area contributed by atoms with Crippen LogP contribution < -0.4 is 5.32 Å². The Balaban J connectivity index is 2.60. The van der Waals surface area contributed by atoms with E-state index >= 15 is 0 Å². The Morgan fingerprint density at radius 1 is 1.35 bits per heavy atom. The number of nitrogens with one attached hydrogen (secondary N) is 1.